The molecule has 3 aromatic rings. The monoisotopic (exact) mass is 337 g/mol. The van der Waals surface area contributed by atoms with Gasteiger partial charge in [-0.2, -0.15) is 10.2 Å². The molecule has 0 bridgehead atoms. The normalized spacial score (nSPS) is 10.9. The Balaban J connectivity index is 1.97. The molecule has 1 aromatic heterocycles. The zero-order valence-electron chi connectivity index (χ0n) is 13.3. The van der Waals surface area contributed by atoms with Crippen molar-refractivity contribution in [3.8, 4) is 11.4 Å². The van der Waals surface area contributed by atoms with Crippen LogP contribution in [0.25, 0.3) is 5.69 Å². The van der Waals surface area contributed by atoms with Gasteiger partial charge in [0.05, 0.1) is 16.8 Å². The Morgan fingerprint density at radius 2 is 2.00 bits per heavy atom. The lowest BCUT2D eigenvalue weighted by atomic mass is 10.2. The standard InChI is InChI=1S/C17H15N5O3/c1-12-16(22(24)25)17(21(20-12)14-7-3-2-4-8-14)19-18-11-13-6-5-9-15(23)10-13/h2-11,19,23H,1H3/b18-11+. The molecule has 0 saturated heterocycles. The third kappa shape index (κ3) is 3.47. The summed E-state index contributed by atoms with van der Waals surface area (Å²) in [4.78, 5) is 10.9. The Hall–Kier alpha value is -3.68. The highest BCUT2D eigenvalue weighted by atomic mass is 16.6. The molecule has 0 amide bonds. The molecule has 8 nitrogen and oxygen atoms in total. The highest BCUT2D eigenvalue weighted by Crippen LogP contribution is 2.30. The molecule has 0 aliphatic heterocycles. The summed E-state index contributed by atoms with van der Waals surface area (Å²) in [7, 11) is 0. The molecular formula is C17H15N5O3. The largest absolute Gasteiger partial charge is 0.508 e. The van der Waals surface area contributed by atoms with Crippen LogP contribution in [0.15, 0.2) is 59.7 Å². The topological polar surface area (TPSA) is 106 Å². The third-order valence-corrected chi connectivity index (χ3v) is 3.47. The number of benzene rings is 2. The molecule has 2 aromatic carbocycles. The SMILES string of the molecule is Cc1nn(-c2ccccc2)c(N/N=C/c2cccc(O)c2)c1[N+](=O)[O-]. The van der Waals surface area contributed by atoms with Crippen LogP contribution in [0.1, 0.15) is 11.3 Å². The second-order valence-corrected chi connectivity index (χ2v) is 5.25. The van der Waals surface area contributed by atoms with Gasteiger partial charge in [0.15, 0.2) is 0 Å². The van der Waals surface area contributed by atoms with Crippen molar-refractivity contribution in [2.24, 2.45) is 5.10 Å². The molecule has 0 saturated carbocycles. The van der Waals surface area contributed by atoms with E-state index >= 15 is 0 Å². The number of phenolic OH excluding ortho intramolecular Hbond substituents is 1. The van der Waals surface area contributed by atoms with Gasteiger partial charge in [-0.25, -0.2) is 4.68 Å². The number of nitrogens with zero attached hydrogens (tertiary/aromatic N) is 4. The highest BCUT2D eigenvalue weighted by Gasteiger charge is 2.25. The molecule has 0 spiro atoms. The van der Waals surface area contributed by atoms with Crippen LogP contribution >= 0.6 is 0 Å². The van der Waals surface area contributed by atoms with E-state index in [0.717, 1.165) is 0 Å². The Kier molecular flexibility index (Phi) is 4.42. The van der Waals surface area contributed by atoms with E-state index in [1.165, 1.54) is 17.0 Å². The first-order valence-corrected chi connectivity index (χ1v) is 7.44. The summed E-state index contributed by atoms with van der Waals surface area (Å²) in [5.41, 5.74) is 4.16. The number of aryl methyl sites for hydroxylation is 1. The van der Waals surface area contributed by atoms with Crippen molar-refractivity contribution in [2.45, 2.75) is 6.92 Å². The Morgan fingerprint density at radius 3 is 2.68 bits per heavy atom. The van der Waals surface area contributed by atoms with Gasteiger partial charge in [0.2, 0.25) is 5.82 Å². The van der Waals surface area contributed by atoms with Crippen LogP contribution in [0.5, 0.6) is 5.75 Å². The van der Waals surface area contributed by atoms with Crippen LogP contribution in [0.4, 0.5) is 11.5 Å². The first-order chi connectivity index (χ1) is 12.1. The second kappa shape index (κ2) is 6.83. The van der Waals surface area contributed by atoms with Gasteiger partial charge in [-0.15, -0.1) is 0 Å². The van der Waals surface area contributed by atoms with Crippen molar-refractivity contribution < 1.29 is 10.0 Å². The molecule has 2 N–H and O–H groups in total. The first-order valence-electron chi connectivity index (χ1n) is 7.44. The molecule has 8 heteroatoms. The number of rotatable bonds is 5. The summed E-state index contributed by atoms with van der Waals surface area (Å²) in [5, 5.41) is 29.1. The number of para-hydroxylation sites is 1. The fourth-order valence-corrected chi connectivity index (χ4v) is 2.37. The smallest absolute Gasteiger partial charge is 0.335 e. The van der Waals surface area contributed by atoms with E-state index in [2.05, 4.69) is 15.6 Å². The summed E-state index contributed by atoms with van der Waals surface area (Å²) in [5.74, 6) is 0.269. The minimum absolute atomic E-state index is 0.111. The predicted octanol–water partition coefficient (Wildman–Crippen LogP) is 3.24. The van der Waals surface area contributed by atoms with Crippen LogP contribution in [0.2, 0.25) is 0 Å². The van der Waals surface area contributed by atoms with E-state index in [4.69, 9.17) is 0 Å². The second-order valence-electron chi connectivity index (χ2n) is 5.25. The van der Waals surface area contributed by atoms with Crippen molar-refractivity contribution in [3.05, 3.63) is 76.0 Å². The van der Waals surface area contributed by atoms with Crippen molar-refractivity contribution in [2.75, 3.05) is 5.43 Å². The predicted molar refractivity (Wildman–Crippen MR) is 94.3 cm³/mol. The Bertz CT molecular complexity index is 935. The lowest BCUT2D eigenvalue weighted by Crippen LogP contribution is -2.03. The van der Waals surface area contributed by atoms with E-state index in [0.29, 0.717) is 11.3 Å². The van der Waals surface area contributed by atoms with Gasteiger partial charge in [-0.3, -0.25) is 15.5 Å². The van der Waals surface area contributed by atoms with E-state index in [-0.39, 0.29) is 22.9 Å². The number of hydrazone groups is 1. The summed E-state index contributed by atoms with van der Waals surface area (Å²) >= 11 is 0. The summed E-state index contributed by atoms with van der Waals surface area (Å²) < 4.78 is 1.44. The van der Waals surface area contributed by atoms with Gasteiger partial charge in [-0.05, 0) is 36.8 Å². The maximum atomic E-state index is 11.4. The van der Waals surface area contributed by atoms with Crippen molar-refractivity contribution in [1.29, 1.82) is 0 Å². The van der Waals surface area contributed by atoms with E-state index in [1.54, 1.807) is 37.3 Å². The van der Waals surface area contributed by atoms with Crippen LogP contribution in [0, 0.1) is 17.0 Å². The maximum Gasteiger partial charge on any atom is 0.335 e. The molecule has 0 radical (unpaired) electrons. The number of nitrogens with one attached hydrogen (secondary N) is 1. The van der Waals surface area contributed by atoms with Crippen LogP contribution in [0.3, 0.4) is 0 Å². The van der Waals surface area contributed by atoms with Gasteiger partial charge < -0.3 is 5.11 Å². The van der Waals surface area contributed by atoms with Crippen molar-refractivity contribution in [3.63, 3.8) is 0 Å². The quantitative estimate of drug-likeness (QED) is 0.422. The van der Waals surface area contributed by atoms with Gasteiger partial charge in [0.1, 0.15) is 11.4 Å². The van der Waals surface area contributed by atoms with E-state index in [1.807, 2.05) is 18.2 Å². The number of aromatic hydroxyl groups is 1. The molecule has 0 unspecified atom stereocenters. The van der Waals surface area contributed by atoms with Crippen molar-refractivity contribution in [1.82, 2.24) is 9.78 Å². The average Bonchev–Trinajstić information content (AvgIpc) is 2.92. The summed E-state index contributed by atoms with van der Waals surface area (Å²) in [6.45, 7) is 1.57. The molecule has 1 heterocycles. The molecule has 0 aliphatic rings. The summed E-state index contributed by atoms with van der Waals surface area (Å²) in [6.07, 6.45) is 1.46. The van der Waals surface area contributed by atoms with Gasteiger partial charge in [0, 0.05) is 0 Å². The van der Waals surface area contributed by atoms with Crippen LogP contribution in [-0.2, 0) is 0 Å². The lowest BCUT2D eigenvalue weighted by molar-refractivity contribution is -0.384. The van der Waals surface area contributed by atoms with Crippen LogP contribution < -0.4 is 5.43 Å². The fraction of sp³-hybridized carbons (Fsp3) is 0.0588. The first kappa shape index (κ1) is 16.2. The fourth-order valence-electron chi connectivity index (χ4n) is 2.37. The number of hydrogen-bond donors (Lipinski definition) is 2. The average molecular weight is 337 g/mol. The summed E-state index contributed by atoms with van der Waals surface area (Å²) in [6, 6.07) is 15.6. The molecule has 25 heavy (non-hydrogen) atoms. The van der Waals surface area contributed by atoms with Gasteiger partial charge in [-0.1, -0.05) is 30.3 Å². The Morgan fingerprint density at radius 1 is 1.24 bits per heavy atom. The zero-order chi connectivity index (χ0) is 17.8. The lowest BCUT2D eigenvalue weighted by Gasteiger charge is -2.05. The number of hydrogen-bond acceptors (Lipinski definition) is 6. The third-order valence-electron chi connectivity index (χ3n) is 3.47. The number of aromatic nitrogens is 2. The molecule has 126 valence electrons. The number of anilines is 1. The van der Waals surface area contributed by atoms with E-state index < -0.39 is 4.92 Å². The minimum atomic E-state index is -0.492. The van der Waals surface area contributed by atoms with Crippen LogP contribution in [-0.4, -0.2) is 26.0 Å². The molecule has 0 atom stereocenters. The van der Waals surface area contributed by atoms with Crippen molar-refractivity contribution >= 4 is 17.7 Å². The zero-order valence-corrected chi connectivity index (χ0v) is 13.3. The molecule has 0 fully saturated rings. The number of phenols is 1. The van der Waals surface area contributed by atoms with Gasteiger partial charge >= 0.3 is 5.69 Å². The highest BCUT2D eigenvalue weighted by molar-refractivity contribution is 5.81. The molecular weight excluding hydrogens is 322 g/mol. The Labute approximate surface area is 143 Å². The van der Waals surface area contributed by atoms with Gasteiger partial charge in [0.25, 0.3) is 0 Å². The van der Waals surface area contributed by atoms with E-state index in [9.17, 15) is 15.2 Å². The number of nitro groups is 1. The minimum Gasteiger partial charge on any atom is -0.508 e. The maximum absolute atomic E-state index is 11.4. The molecule has 0 aliphatic carbocycles. The molecule has 3 rings (SSSR count).